The van der Waals surface area contributed by atoms with E-state index < -0.39 is 0 Å². The quantitative estimate of drug-likeness (QED) is 0.367. The van der Waals surface area contributed by atoms with E-state index in [1.807, 2.05) is 6.92 Å². The van der Waals surface area contributed by atoms with Gasteiger partial charge in [0.25, 0.3) is 5.91 Å². The molecule has 4 heteroatoms. The molecule has 0 aromatic heterocycles. The number of nitrogens with one attached hydrogen (secondary N) is 1. The first-order valence-corrected chi connectivity index (χ1v) is 4.42. The van der Waals surface area contributed by atoms with E-state index in [-0.39, 0.29) is 12.5 Å². The van der Waals surface area contributed by atoms with Crippen molar-refractivity contribution in [1.29, 1.82) is 0 Å². The van der Waals surface area contributed by atoms with Gasteiger partial charge in [-0.05, 0) is 13.3 Å². The predicted molar refractivity (Wildman–Crippen MR) is 49.8 cm³/mol. The molecular weight excluding hydrogens is 170 g/mol. The third-order valence-corrected chi connectivity index (χ3v) is 1.52. The van der Waals surface area contributed by atoms with Crippen LogP contribution in [0.4, 0.5) is 0 Å². The molecule has 0 saturated heterocycles. The van der Waals surface area contributed by atoms with Gasteiger partial charge < -0.3 is 5.11 Å². The third-order valence-electron chi connectivity index (χ3n) is 1.52. The molecule has 0 unspecified atom stereocenters. The Kier molecular flexibility index (Phi) is 7.24. The van der Waals surface area contributed by atoms with E-state index >= 15 is 0 Å². The lowest BCUT2D eigenvalue weighted by molar-refractivity contribution is -0.129. The lowest BCUT2D eigenvalue weighted by atomic mass is 10.3. The first-order chi connectivity index (χ1) is 6.22. The second-order valence-corrected chi connectivity index (χ2v) is 2.70. The minimum Gasteiger partial charge on any atom is -0.392 e. The highest BCUT2D eigenvalue weighted by molar-refractivity contribution is 5.91. The van der Waals surface area contributed by atoms with Gasteiger partial charge in [0.05, 0.1) is 13.2 Å². The number of aliphatic hydroxyl groups is 1. The zero-order chi connectivity index (χ0) is 10.1. The van der Waals surface area contributed by atoms with Gasteiger partial charge in [-0.15, -0.1) is 0 Å². The highest BCUT2D eigenvalue weighted by Crippen LogP contribution is 1.92. The molecule has 0 aliphatic heterocycles. The third kappa shape index (κ3) is 6.31. The maximum atomic E-state index is 11.1. The first kappa shape index (κ1) is 12.1. The number of hydroxylamine groups is 1. The molecule has 1 amide bonds. The number of hydrogen-bond acceptors (Lipinski definition) is 3. The first-order valence-electron chi connectivity index (χ1n) is 4.42. The normalized spacial score (nSPS) is 11.5. The van der Waals surface area contributed by atoms with Crippen molar-refractivity contribution in [3.63, 3.8) is 0 Å². The van der Waals surface area contributed by atoms with Crippen molar-refractivity contribution in [2.45, 2.75) is 26.7 Å². The van der Waals surface area contributed by atoms with Gasteiger partial charge in [0.15, 0.2) is 0 Å². The van der Waals surface area contributed by atoms with Gasteiger partial charge in [-0.1, -0.05) is 19.4 Å². The molecule has 0 rings (SSSR count). The van der Waals surface area contributed by atoms with Crippen LogP contribution in [-0.4, -0.2) is 24.2 Å². The van der Waals surface area contributed by atoms with Gasteiger partial charge in [-0.2, -0.15) is 0 Å². The smallest absolute Gasteiger partial charge is 0.270 e. The average Bonchev–Trinajstić information content (AvgIpc) is 2.12. The van der Waals surface area contributed by atoms with E-state index in [2.05, 4.69) is 5.48 Å². The van der Waals surface area contributed by atoms with Crippen molar-refractivity contribution >= 4 is 5.91 Å². The molecule has 0 radical (unpaired) electrons. The molecular formula is C9H17NO3. The summed E-state index contributed by atoms with van der Waals surface area (Å²) in [7, 11) is 0. The van der Waals surface area contributed by atoms with E-state index in [4.69, 9.17) is 9.94 Å². The molecule has 0 bridgehead atoms. The molecule has 13 heavy (non-hydrogen) atoms. The van der Waals surface area contributed by atoms with Gasteiger partial charge in [-0.25, -0.2) is 5.48 Å². The Morgan fingerprint density at radius 2 is 2.31 bits per heavy atom. The Balaban J connectivity index is 3.56. The Labute approximate surface area is 78.5 Å². The van der Waals surface area contributed by atoms with Gasteiger partial charge >= 0.3 is 0 Å². The fourth-order valence-corrected chi connectivity index (χ4v) is 0.643. The van der Waals surface area contributed by atoms with E-state index in [9.17, 15) is 4.79 Å². The Hall–Kier alpha value is -0.870. The molecule has 0 fully saturated rings. The van der Waals surface area contributed by atoms with Gasteiger partial charge in [0.1, 0.15) is 0 Å². The Morgan fingerprint density at radius 3 is 2.85 bits per heavy atom. The molecule has 0 aliphatic rings. The summed E-state index contributed by atoms with van der Waals surface area (Å²) in [6.45, 7) is 4.06. The summed E-state index contributed by atoms with van der Waals surface area (Å²) in [5.74, 6) is -0.301. The molecule has 0 saturated carbocycles. The minimum atomic E-state index is -0.301. The van der Waals surface area contributed by atoms with Gasteiger partial charge in [0, 0.05) is 5.57 Å². The number of unbranched alkanes of at least 4 members (excludes halogenated alkanes) is 1. The number of aliphatic hydroxyl groups excluding tert-OH is 1. The van der Waals surface area contributed by atoms with E-state index in [0.29, 0.717) is 12.2 Å². The number of rotatable bonds is 6. The van der Waals surface area contributed by atoms with Crippen LogP contribution >= 0.6 is 0 Å². The van der Waals surface area contributed by atoms with Crippen LogP contribution in [0.5, 0.6) is 0 Å². The summed E-state index contributed by atoms with van der Waals surface area (Å²) in [4.78, 5) is 16.0. The summed E-state index contributed by atoms with van der Waals surface area (Å²) in [5.41, 5.74) is 2.74. The van der Waals surface area contributed by atoms with E-state index in [1.54, 1.807) is 6.92 Å². The van der Waals surface area contributed by atoms with Crippen LogP contribution in [0, 0.1) is 0 Å². The van der Waals surface area contributed by atoms with Crippen LogP contribution in [0.25, 0.3) is 0 Å². The zero-order valence-electron chi connectivity index (χ0n) is 8.17. The SMILES string of the molecule is CCCCONC(=O)/C(C)=C/CO. The molecule has 0 aliphatic carbocycles. The summed E-state index contributed by atoms with van der Waals surface area (Å²) in [5, 5.41) is 8.50. The molecule has 0 atom stereocenters. The van der Waals surface area contributed by atoms with Crippen molar-refractivity contribution in [1.82, 2.24) is 5.48 Å². The number of hydrogen-bond donors (Lipinski definition) is 2. The highest BCUT2D eigenvalue weighted by Gasteiger charge is 2.01. The minimum absolute atomic E-state index is 0.131. The van der Waals surface area contributed by atoms with E-state index in [0.717, 1.165) is 12.8 Å². The molecule has 4 nitrogen and oxygen atoms in total. The number of carbonyl (C=O) groups excluding carboxylic acids is 1. The fraction of sp³-hybridized carbons (Fsp3) is 0.667. The molecule has 2 N–H and O–H groups in total. The summed E-state index contributed by atoms with van der Waals surface area (Å²) in [6.07, 6.45) is 3.38. The topological polar surface area (TPSA) is 58.6 Å². The molecule has 0 aromatic rings. The summed E-state index contributed by atoms with van der Waals surface area (Å²) >= 11 is 0. The largest absolute Gasteiger partial charge is 0.392 e. The Bertz CT molecular complexity index is 178. The van der Waals surface area contributed by atoms with Crippen molar-refractivity contribution in [3.05, 3.63) is 11.6 Å². The second-order valence-electron chi connectivity index (χ2n) is 2.70. The van der Waals surface area contributed by atoms with E-state index in [1.165, 1.54) is 6.08 Å². The maximum Gasteiger partial charge on any atom is 0.270 e. The second kappa shape index (κ2) is 7.76. The van der Waals surface area contributed by atoms with Crippen LogP contribution in [0.3, 0.4) is 0 Å². The number of carbonyl (C=O) groups is 1. The zero-order valence-corrected chi connectivity index (χ0v) is 8.17. The van der Waals surface area contributed by atoms with Crippen molar-refractivity contribution in [2.75, 3.05) is 13.2 Å². The maximum absolute atomic E-state index is 11.1. The fourth-order valence-electron chi connectivity index (χ4n) is 0.643. The monoisotopic (exact) mass is 187 g/mol. The van der Waals surface area contributed by atoms with Crippen LogP contribution in [0.2, 0.25) is 0 Å². The highest BCUT2D eigenvalue weighted by atomic mass is 16.6. The molecule has 0 heterocycles. The van der Waals surface area contributed by atoms with Crippen LogP contribution in [0.15, 0.2) is 11.6 Å². The lowest BCUT2D eigenvalue weighted by Gasteiger charge is -2.04. The Morgan fingerprint density at radius 1 is 1.62 bits per heavy atom. The van der Waals surface area contributed by atoms with Gasteiger partial charge in [0.2, 0.25) is 0 Å². The van der Waals surface area contributed by atoms with Crippen LogP contribution < -0.4 is 5.48 Å². The lowest BCUT2D eigenvalue weighted by Crippen LogP contribution is -2.25. The van der Waals surface area contributed by atoms with Crippen LogP contribution in [0.1, 0.15) is 26.7 Å². The van der Waals surface area contributed by atoms with Crippen LogP contribution in [-0.2, 0) is 9.63 Å². The molecule has 0 spiro atoms. The van der Waals surface area contributed by atoms with Crippen molar-refractivity contribution < 1.29 is 14.7 Å². The van der Waals surface area contributed by atoms with Gasteiger partial charge in [-0.3, -0.25) is 9.63 Å². The standard InChI is InChI=1S/C9H17NO3/c1-3-4-7-13-10-9(12)8(2)5-6-11/h5,11H,3-4,6-7H2,1-2H3,(H,10,12)/b8-5+. The molecule has 76 valence electrons. The average molecular weight is 187 g/mol. The van der Waals surface area contributed by atoms with Crippen molar-refractivity contribution in [3.8, 4) is 0 Å². The predicted octanol–water partition coefficient (Wildman–Crippen LogP) is 0.773. The number of amides is 1. The summed E-state index contributed by atoms with van der Waals surface area (Å²) < 4.78 is 0. The van der Waals surface area contributed by atoms with Crippen molar-refractivity contribution in [2.24, 2.45) is 0 Å². The molecule has 0 aromatic carbocycles. The summed E-state index contributed by atoms with van der Waals surface area (Å²) in [6, 6.07) is 0.